The van der Waals surface area contributed by atoms with Crippen molar-refractivity contribution in [3.05, 3.63) is 65.0 Å². The van der Waals surface area contributed by atoms with E-state index >= 15 is 0 Å². The number of likely N-dealkylation sites (tertiary alicyclic amines) is 2. The van der Waals surface area contributed by atoms with Gasteiger partial charge in [0.05, 0.1) is 20.1 Å². The van der Waals surface area contributed by atoms with Crippen LogP contribution in [0.3, 0.4) is 0 Å². The molecule has 1 aromatic carbocycles. The summed E-state index contributed by atoms with van der Waals surface area (Å²) in [5, 5.41) is 10.0. The van der Waals surface area contributed by atoms with Crippen LogP contribution in [0.5, 0.6) is 0 Å². The number of fused-ring (bicyclic) bond motifs is 1. The fourth-order valence-electron chi connectivity index (χ4n) is 6.66. The lowest BCUT2D eigenvalue weighted by molar-refractivity contribution is -0.936. The average molecular weight is 463 g/mol. The molecule has 0 bridgehead atoms. The number of carboxylic acids is 1. The van der Waals surface area contributed by atoms with Crippen molar-refractivity contribution in [1.82, 2.24) is 9.88 Å². The molecule has 0 amide bonds. The molecule has 5 heteroatoms. The van der Waals surface area contributed by atoms with Gasteiger partial charge in [-0.05, 0) is 69.2 Å². The lowest BCUT2D eigenvalue weighted by Gasteiger charge is -2.45. The van der Waals surface area contributed by atoms with Crippen molar-refractivity contribution in [2.75, 3.05) is 39.8 Å². The Bertz CT molecular complexity index is 976. The van der Waals surface area contributed by atoms with Gasteiger partial charge in [-0.1, -0.05) is 36.4 Å². The van der Waals surface area contributed by atoms with Crippen LogP contribution in [0.2, 0.25) is 0 Å². The van der Waals surface area contributed by atoms with Gasteiger partial charge in [0.25, 0.3) is 0 Å². The zero-order valence-corrected chi connectivity index (χ0v) is 20.7. The van der Waals surface area contributed by atoms with Crippen molar-refractivity contribution in [2.24, 2.45) is 5.92 Å². The van der Waals surface area contributed by atoms with E-state index in [0.29, 0.717) is 16.3 Å². The summed E-state index contributed by atoms with van der Waals surface area (Å²) in [7, 11) is 2.14. The number of benzene rings is 1. The van der Waals surface area contributed by atoms with Crippen molar-refractivity contribution in [3.8, 4) is 0 Å². The molecule has 1 aliphatic carbocycles. The summed E-state index contributed by atoms with van der Waals surface area (Å²) in [5.74, 6) is 0.580. The molecule has 1 aromatic heterocycles. The minimum atomic E-state index is -0.704. The standard InChI is InChI=1S/C29H39N3O2/c1-32(28(29(33)34)25-8-3-2-4-9-25)19-15-22(16-20-32)21-31-17-13-24(14-18-31)27-12-11-23-7-5-6-10-26(23)30-27/h2-4,8-9,11-12,22,24,28H,5-7,10,13-21H2,1H3/p+1. The quantitative estimate of drug-likeness (QED) is 0.625. The number of nitrogens with zero attached hydrogens (tertiary/aromatic N) is 3. The van der Waals surface area contributed by atoms with Crippen molar-refractivity contribution in [3.63, 3.8) is 0 Å². The third-order valence-corrected chi connectivity index (χ3v) is 8.79. The van der Waals surface area contributed by atoms with Crippen molar-refractivity contribution >= 4 is 5.97 Å². The van der Waals surface area contributed by atoms with Gasteiger partial charge < -0.3 is 14.5 Å². The van der Waals surface area contributed by atoms with Crippen LogP contribution in [0.15, 0.2) is 42.5 Å². The molecular weight excluding hydrogens is 422 g/mol. The minimum absolute atomic E-state index is 0.470. The number of carboxylic acid groups (broad SMARTS) is 1. The van der Waals surface area contributed by atoms with E-state index in [2.05, 4.69) is 24.1 Å². The first-order valence-electron chi connectivity index (χ1n) is 13.3. The fourth-order valence-corrected chi connectivity index (χ4v) is 6.66. The number of quaternary nitrogens is 1. The highest BCUT2D eigenvalue weighted by atomic mass is 16.4. The normalized spacial score (nSPS) is 27.1. The van der Waals surface area contributed by atoms with Gasteiger partial charge in [-0.3, -0.25) is 4.98 Å². The molecule has 2 saturated heterocycles. The number of rotatable bonds is 6. The molecule has 2 aliphatic heterocycles. The smallest absolute Gasteiger partial charge is 0.367 e. The average Bonchev–Trinajstić information content (AvgIpc) is 2.86. The molecular formula is C29H40N3O2+. The van der Waals surface area contributed by atoms with Crippen LogP contribution in [0, 0.1) is 5.92 Å². The molecule has 3 heterocycles. The maximum Gasteiger partial charge on any atom is 0.367 e. The van der Waals surface area contributed by atoms with E-state index in [-0.39, 0.29) is 0 Å². The van der Waals surface area contributed by atoms with Gasteiger partial charge in [0.2, 0.25) is 6.04 Å². The van der Waals surface area contributed by atoms with Gasteiger partial charge in [-0.15, -0.1) is 0 Å². The van der Waals surface area contributed by atoms with Gasteiger partial charge in [0.15, 0.2) is 0 Å². The molecule has 1 N–H and O–H groups in total. The maximum atomic E-state index is 12.2. The number of hydrogen-bond donors (Lipinski definition) is 1. The number of aryl methyl sites for hydroxylation is 2. The van der Waals surface area contributed by atoms with Crippen molar-refractivity contribution < 1.29 is 14.4 Å². The maximum absolute atomic E-state index is 12.2. The third-order valence-electron chi connectivity index (χ3n) is 8.79. The first-order chi connectivity index (χ1) is 16.5. The molecule has 0 radical (unpaired) electrons. The second kappa shape index (κ2) is 10.2. The van der Waals surface area contributed by atoms with Gasteiger partial charge in [-0.25, -0.2) is 4.79 Å². The molecule has 3 aliphatic rings. The Morgan fingerprint density at radius 1 is 1.03 bits per heavy atom. The molecule has 2 aromatic rings. The summed E-state index contributed by atoms with van der Waals surface area (Å²) in [6.07, 6.45) is 9.61. The third kappa shape index (κ3) is 5.06. The second-order valence-corrected chi connectivity index (χ2v) is 11.1. The summed E-state index contributed by atoms with van der Waals surface area (Å²) >= 11 is 0. The van der Waals surface area contributed by atoms with Crippen LogP contribution in [-0.4, -0.2) is 65.2 Å². The van der Waals surface area contributed by atoms with Gasteiger partial charge in [0, 0.05) is 42.3 Å². The van der Waals surface area contributed by atoms with Crippen LogP contribution in [0.25, 0.3) is 0 Å². The van der Waals surface area contributed by atoms with E-state index in [0.717, 1.165) is 57.5 Å². The number of piperidine rings is 2. The molecule has 1 atom stereocenters. The van der Waals surface area contributed by atoms with Crippen LogP contribution < -0.4 is 0 Å². The highest BCUT2D eigenvalue weighted by Crippen LogP contribution is 2.35. The van der Waals surface area contributed by atoms with Gasteiger partial charge >= 0.3 is 5.97 Å². The van der Waals surface area contributed by atoms with Crippen molar-refractivity contribution in [1.29, 1.82) is 0 Å². The first kappa shape index (κ1) is 23.5. The zero-order valence-electron chi connectivity index (χ0n) is 20.7. The highest BCUT2D eigenvalue weighted by molar-refractivity contribution is 5.74. The van der Waals surface area contributed by atoms with Gasteiger partial charge in [-0.2, -0.15) is 0 Å². The Hall–Kier alpha value is -2.24. The van der Waals surface area contributed by atoms with Crippen LogP contribution in [0.4, 0.5) is 0 Å². The molecule has 182 valence electrons. The summed E-state index contributed by atoms with van der Waals surface area (Å²) < 4.78 is 0.613. The fraction of sp³-hybridized carbons (Fsp3) is 0.586. The molecule has 34 heavy (non-hydrogen) atoms. The first-order valence-corrected chi connectivity index (χ1v) is 13.3. The molecule has 1 unspecified atom stereocenters. The molecule has 5 nitrogen and oxygen atoms in total. The lowest BCUT2D eigenvalue weighted by Crippen LogP contribution is -2.55. The van der Waals surface area contributed by atoms with Crippen LogP contribution in [-0.2, 0) is 17.6 Å². The predicted octanol–water partition coefficient (Wildman–Crippen LogP) is 4.82. The molecule has 0 saturated carbocycles. The number of likely N-dealkylation sites (N-methyl/N-ethyl adjacent to an activating group) is 1. The minimum Gasteiger partial charge on any atom is -0.477 e. The number of aliphatic carboxylic acids is 1. The number of hydrogen-bond acceptors (Lipinski definition) is 3. The van der Waals surface area contributed by atoms with E-state index in [1.807, 2.05) is 30.3 Å². The Labute approximate surface area is 204 Å². The van der Waals surface area contributed by atoms with E-state index in [9.17, 15) is 9.90 Å². The topological polar surface area (TPSA) is 53.4 Å². The monoisotopic (exact) mass is 462 g/mol. The highest BCUT2D eigenvalue weighted by Gasteiger charge is 2.42. The Morgan fingerprint density at radius 3 is 2.44 bits per heavy atom. The Balaban J connectivity index is 1.13. The van der Waals surface area contributed by atoms with Crippen LogP contribution >= 0.6 is 0 Å². The van der Waals surface area contributed by atoms with E-state index < -0.39 is 12.0 Å². The largest absolute Gasteiger partial charge is 0.477 e. The Morgan fingerprint density at radius 2 is 1.74 bits per heavy atom. The van der Waals surface area contributed by atoms with E-state index in [1.54, 1.807) is 0 Å². The molecule has 5 rings (SSSR count). The van der Waals surface area contributed by atoms with Crippen molar-refractivity contribution in [2.45, 2.75) is 63.3 Å². The second-order valence-electron chi connectivity index (χ2n) is 11.1. The van der Waals surface area contributed by atoms with E-state index in [1.165, 1.54) is 49.1 Å². The number of aromatic nitrogens is 1. The summed E-state index contributed by atoms with van der Waals surface area (Å²) in [6.45, 7) is 5.35. The summed E-state index contributed by atoms with van der Waals surface area (Å²) in [4.78, 5) is 19.9. The molecule has 2 fully saturated rings. The van der Waals surface area contributed by atoms with E-state index in [4.69, 9.17) is 4.98 Å². The SMILES string of the molecule is C[N+]1(C(C(=O)O)c2ccccc2)CCC(CN2CCC(c3ccc4c(n3)CCCC4)CC2)CC1. The van der Waals surface area contributed by atoms with Crippen LogP contribution in [0.1, 0.15) is 73.0 Å². The number of carbonyl (C=O) groups is 1. The number of pyridine rings is 1. The molecule has 0 spiro atoms. The summed E-state index contributed by atoms with van der Waals surface area (Å²) in [6, 6.07) is 14.0. The zero-order chi connectivity index (χ0) is 23.5. The lowest BCUT2D eigenvalue weighted by atomic mass is 9.88. The summed E-state index contributed by atoms with van der Waals surface area (Å²) in [5.41, 5.74) is 5.10. The van der Waals surface area contributed by atoms with Gasteiger partial charge in [0.1, 0.15) is 0 Å². The Kier molecular flexibility index (Phi) is 7.03. The predicted molar refractivity (Wildman–Crippen MR) is 135 cm³/mol.